The largest absolute Gasteiger partial charge is 0.481 e. The highest BCUT2D eigenvalue weighted by molar-refractivity contribution is 7.99. The molecular formula is C9H12N2O2S. The number of thioether (sulfide) groups is 1. The quantitative estimate of drug-likeness (QED) is 0.769. The van der Waals surface area contributed by atoms with Crippen molar-refractivity contribution < 1.29 is 9.90 Å². The van der Waals surface area contributed by atoms with E-state index in [1.165, 1.54) is 11.8 Å². The second kappa shape index (κ2) is 4.95. The Morgan fingerprint density at radius 2 is 2.21 bits per heavy atom. The lowest BCUT2D eigenvalue weighted by Crippen LogP contribution is -2.20. The van der Waals surface area contributed by atoms with Crippen molar-refractivity contribution >= 4 is 17.7 Å². The Morgan fingerprint density at radius 3 is 2.71 bits per heavy atom. The van der Waals surface area contributed by atoms with Crippen molar-refractivity contribution in [1.29, 1.82) is 0 Å². The molecular weight excluding hydrogens is 200 g/mol. The highest BCUT2D eigenvalue weighted by atomic mass is 32.2. The Labute approximate surface area is 86.8 Å². The molecule has 76 valence electrons. The molecule has 0 saturated heterocycles. The standard InChI is InChI=1S/C9H12N2O2S/c1-6(9(12)13)7(2)14-8-5-10-3-4-11-8/h3-7H,1-2H3,(H,12,13). The van der Waals surface area contributed by atoms with Gasteiger partial charge in [-0.1, -0.05) is 13.8 Å². The first-order valence-corrected chi connectivity index (χ1v) is 5.14. The second-order valence-electron chi connectivity index (χ2n) is 2.99. The topological polar surface area (TPSA) is 63.1 Å². The van der Waals surface area contributed by atoms with Gasteiger partial charge in [0.2, 0.25) is 0 Å². The van der Waals surface area contributed by atoms with Gasteiger partial charge in [0.15, 0.2) is 0 Å². The summed E-state index contributed by atoms with van der Waals surface area (Å²) < 4.78 is 0. The van der Waals surface area contributed by atoms with E-state index < -0.39 is 5.97 Å². The first kappa shape index (κ1) is 11.0. The number of rotatable bonds is 4. The maximum Gasteiger partial charge on any atom is 0.307 e. The van der Waals surface area contributed by atoms with Gasteiger partial charge in [-0.05, 0) is 0 Å². The van der Waals surface area contributed by atoms with E-state index in [1.807, 2.05) is 6.92 Å². The number of aliphatic carboxylic acids is 1. The zero-order chi connectivity index (χ0) is 10.6. The lowest BCUT2D eigenvalue weighted by molar-refractivity contribution is -0.140. The Hall–Kier alpha value is -1.10. The van der Waals surface area contributed by atoms with Crippen molar-refractivity contribution in [2.24, 2.45) is 5.92 Å². The van der Waals surface area contributed by atoms with Crippen LogP contribution in [-0.4, -0.2) is 26.3 Å². The van der Waals surface area contributed by atoms with Crippen LogP contribution >= 0.6 is 11.8 Å². The summed E-state index contributed by atoms with van der Waals surface area (Å²) in [4.78, 5) is 18.7. The Bertz CT molecular complexity index is 305. The molecule has 1 heterocycles. The van der Waals surface area contributed by atoms with Crippen LogP contribution in [0.5, 0.6) is 0 Å². The van der Waals surface area contributed by atoms with Crippen LogP contribution in [0, 0.1) is 5.92 Å². The van der Waals surface area contributed by atoms with Crippen LogP contribution in [-0.2, 0) is 4.79 Å². The maximum absolute atomic E-state index is 10.7. The molecule has 5 heteroatoms. The monoisotopic (exact) mass is 212 g/mol. The van der Waals surface area contributed by atoms with Crippen LogP contribution in [0.3, 0.4) is 0 Å². The average molecular weight is 212 g/mol. The summed E-state index contributed by atoms with van der Waals surface area (Å²) in [5.74, 6) is -1.17. The highest BCUT2D eigenvalue weighted by Gasteiger charge is 2.20. The molecule has 0 aliphatic rings. The van der Waals surface area contributed by atoms with Crippen LogP contribution in [0.25, 0.3) is 0 Å². The van der Waals surface area contributed by atoms with E-state index >= 15 is 0 Å². The molecule has 0 aliphatic heterocycles. The number of nitrogens with zero attached hydrogens (tertiary/aromatic N) is 2. The Kier molecular flexibility index (Phi) is 3.88. The first-order chi connectivity index (χ1) is 6.61. The maximum atomic E-state index is 10.7. The van der Waals surface area contributed by atoms with E-state index in [1.54, 1.807) is 25.5 Å². The fourth-order valence-electron chi connectivity index (χ4n) is 0.840. The van der Waals surface area contributed by atoms with Gasteiger partial charge < -0.3 is 5.11 Å². The van der Waals surface area contributed by atoms with Crippen LogP contribution in [0.4, 0.5) is 0 Å². The molecule has 0 amide bonds. The van der Waals surface area contributed by atoms with Gasteiger partial charge in [0.05, 0.1) is 12.1 Å². The second-order valence-corrected chi connectivity index (χ2v) is 4.39. The predicted molar refractivity (Wildman–Crippen MR) is 54.2 cm³/mol. The SMILES string of the molecule is CC(Sc1cnccn1)C(C)C(=O)O. The van der Waals surface area contributed by atoms with E-state index in [2.05, 4.69) is 9.97 Å². The molecule has 1 aromatic rings. The summed E-state index contributed by atoms with van der Waals surface area (Å²) >= 11 is 1.43. The third-order valence-corrected chi connectivity index (χ3v) is 3.17. The van der Waals surface area contributed by atoms with Crippen molar-refractivity contribution in [2.75, 3.05) is 0 Å². The minimum absolute atomic E-state index is 0.0100. The van der Waals surface area contributed by atoms with Gasteiger partial charge in [0.25, 0.3) is 0 Å². The van der Waals surface area contributed by atoms with Crippen molar-refractivity contribution in [3.8, 4) is 0 Å². The third kappa shape index (κ3) is 2.99. The van der Waals surface area contributed by atoms with E-state index in [0.29, 0.717) is 0 Å². The predicted octanol–water partition coefficient (Wildman–Crippen LogP) is 1.68. The third-order valence-electron chi connectivity index (χ3n) is 1.94. The molecule has 4 nitrogen and oxygen atoms in total. The van der Waals surface area contributed by atoms with Gasteiger partial charge in [0.1, 0.15) is 5.03 Å². The minimum atomic E-state index is -0.783. The van der Waals surface area contributed by atoms with Crippen molar-refractivity contribution in [1.82, 2.24) is 9.97 Å². The van der Waals surface area contributed by atoms with E-state index in [0.717, 1.165) is 5.03 Å². The molecule has 14 heavy (non-hydrogen) atoms. The summed E-state index contributed by atoms with van der Waals surface area (Å²) in [6, 6.07) is 0. The summed E-state index contributed by atoms with van der Waals surface area (Å²) in [6.45, 7) is 3.56. The molecule has 1 aromatic heterocycles. The van der Waals surface area contributed by atoms with Gasteiger partial charge in [-0.3, -0.25) is 9.78 Å². The van der Waals surface area contributed by atoms with E-state index in [9.17, 15) is 4.79 Å². The Balaban J connectivity index is 2.57. The number of carboxylic acid groups (broad SMARTS) is 1. The summed E-state index contributed by atoms with van der Waals surface area (Å²) in [5.41, 5.74) is 0. The molecule has 0 aliphatic carbocycles. The molecule has 1 N–H and O–H groups in total. The molecule has 1 rings (SSSR count). The zero-order valence-corrected chi connectivity index (χ0v) is 8.86. The molecule has 2 atom stereocenters. The number of aromatic nitrogens is 2. The van der Waals surface area contributed by atoms with Gasteiger partial charge in [-0.25, -0.2) is 4.98 Å². The van der Waals surface area contributed by atoms with Crippen LogP contribution in [0.2, 0.25) is 0 Å². The van der Waals surface area contributed by atoms with E-state index in [-0.39, 0.29) is 11.2 Å². The van der Waals surface area contributed by atoms with Gasteiger partial charge in [0, 0.05) is 17.6 Å². The number of carbonyl (C=O) groups is 1. The van der Waals surface area contributed by atoms with Crippen LogP contribution in [0.1, 0.15) is 13.8 Å². The average Bonchev–Trinajstić information content (AvgIpc) is 2.18. The normalized spacial score (nSPS) is 14.7. The van der Waals surface area contributed by atoms with Crippen molar-refractivity contribution in [3.05, 3.63) is 18.6 Å². The van der Waals surface area contributed by atoms with Crippen LogP contribution < -0.4 is 0 Å². The summed E-state index contributed by atoms with van der Waals surface area (Å²) in [6.07, 6.45) is 4.82. The smallest absolute Gasteiger partial charge is 0.307 e. The summed E-state index contributed by atoms with van der Waals surface area (Å²) in [7, 11) is 0. The fourth-order valence-corrected chi connectivity index (χ4v) is 1.78. The molecule has 0 aromatic carbocycles. The number of carboxylic acids is 1. The van der Waals surface area contributed by atoms with E-state index in [4.69, 9.17) is 5.11 Å². The molecule has 0 bridgehead atoms. The molecule has 0 saturated carbocycles. The minimum Gasteiger partial charge on any atom is -0.481 e. The van der Waals surface area contributed by atoms with Gasteiger partial charge >= 0.3 is 5.97 Å². The molecule has 0 spiro atoms. The van der Waals surface area contributed by atoms with Crippen LogP contribution in [0.15, 0.2) is 23.6 Å². The summed E-state index contributed by atoms with van der Waals surface area (Å²) in [5, 5.41) is 9.53. The number of hydrogen-bond acceptors (Lipinski definition) is 4. The lowest BCUT2D eigenvalue weighted by atomic mass is 10.1. The molecule has 0 fully saturated rings. The van der Waals surface area contributed by atoms with Crippen molar-refractivity contribution in [3.63, 3.8) is 0 Å². The molecule has 0 radical (unpaired) electrons. The van der Waals surface area contributed by atoms with Gasteiger partial charge in [-0.15, -0.1) is 11.8 Å². The molecule has 2 unspecified atom stereocenters. The van der Waals surface area contributed by atoms with Gasteiger partial charge in [-0.2, -0.15) is 0 Å². The zero-order valence-electron chi connectivity index (χ0n) is 8.04. The first-order valence-electron chi connectivity index (χ1n) is 4.26. The van der Waals surface area contributed by atoms with Crippen molar-refractivity contribution in [2.45, 2.75) is 24.1 Å². The highest BCUT2D eigenvalue weighted by Crippen LogP contribution is 2.25. The fraction of sp³-hybridized carbons (Fsp3) is 0.444. The lowest BCUT2D eigenvalue weighted by Gasteiger charge is -2.14. The Morgan fingerprint density at radius 1 is 1.50 bits per heavy atom. The number of hydrogen-bond donors (Lipinski definition) is 1.